The van der Waals surface area contributed by atoms with Gasteiger partial charge in [0.1, 0.15) is 0 Å². The van der Waals surface area contributed by atoms with Crippen molar-refractivity contribution in [3.63, 3.8) is 0 Å². The van der Waals surface area contributed by atoms with E-state index in [1.807, 2.05) is 13.8 Å². The van der Waals surface area contributed by atoms with Gasteiger partial charge in [0.15, 0.2) is 0 Å². The Balaban J connectivity index is 3.40. The summed E-state index contributed by atoms with van der Waals surface area (Å²) in [6, 6.07) is 0. The molecule has 0 aliphatic rings. The third kappa shape index (κ3) is 22.5. The van der Waals surface area contributed by atoms with E-state index in [0.717, 1.165) is 32.1 Å². The van der Waals surface area contributed by atoms with Crippen LogP contribution in [0.1, 0.15) is 150 Å². The lowest BCUT2D eigenvalue weighted by atomic mass is 9.87. The molecule has 0 aromatic heterocycles. The van der Waals surface area contributed by atoms with E-state index in [4.69, 9.17) is 9.47 Å². The first kappa shape index (κ1) is 31.9. The van der Waals surface area contributed by atoms with Crippen LogP contribution in [-0.4, -0.2) is 25.2 Å². The zero-order chi connectivity index (χ0) is 24.6. The van der Waals surface area contributed by atoms with E-state index < -0.39 is 0 Å². The zero-order valence-electron chi connectivity index (χ0n) is 22.6. The highest BCUT2D eigenvalue weighted by atomic mass is 16.5. The second-order valence-corrected chi connectivity index (χ2v) is 10.1. The van der Waals surface area contributed by atoms with Crippen molar-refractivity contribution in [1.82, 2.24) is 0 Å². The summed E-state index contributed by atoms with van der Waals surface area (Å²) in [5.41, 5.74) is 0. The van der Waals surface area contributed by atoms with Crippen molar-refractivity contribution in [2.75, 3.05) is 13.2 Å². The Morgan fingerprint density at radius 3 is 1.39 bits per heavy atom. The van der Waals surface area contributed by atoms with E-state index in [-0.39, 0.29) is 11.9 Å². The number of hydrogen-bond acceptors (Lipinski definition) is 4. The number of carbonyl (C=O) groups is 2. The maximum Gasteiger partial charge on any atom is 0.306 e. The van der Waals surface area contributed by atoms with Crippen LogP contribution >= 0.6 is 0 Å². The number of ether oxygens (including phenoxy) is 2. The van der Waals surface area contributed by atoms with Gasteiger partial charge in [0.05, 0.1) is 13.2 Å². The average molecular weight is 469 g/mol. The van der Waals surface area contributed by atoms with Gasteiger partial charge in [0.25, 0.3) is 0 Å². The Morgan fingerprint density at radius 1 is 0.576 bits per heavy atom. The predicted octanol–water partition coefficient (Wildman–Crippen LogP) is 8.80. The van der Waals surface area contributed by atoms with Crippen molar-refractivity contribution in [1.29, 1.82) is 0 Å². The largest absolute Gasteiger partial charge is 0.466 e. The molecule has 0 spiro atoms. The molecule has 0 radical (unpaired) electrons. The Bertz CT molecular complexity index is 447. The Morgan fingerprint density at radius 2 is 0.970 bits per heavy atom. The standard InChI is InChI=1S/C29H56O4/c1-5-23-32-28(30)22-20-18-16-14-12-10-8-7-9-11-13-15-17-19-21-27(26(3)4)25-29(31)33-24-6-2/h26-27H,5-25H2,1-4H3. The quantitative estimate of drug-likeness (QED) is 0.105. The summed E-state index contributed by atoms with van der Waals surface area (Å²) in [6.07, 6.45) is 22.2. The lowest BCUT2D eigenvalue weighted by Crippen LogP contribution is -2.16. The highest BCUT2D eigenvalue weighted by molar-refractivity contribution is 5.69. The first-order valence-corrected chi connectivity index (χ1v) is 14.3. The monoisotopic (exact) mass is 468 g/mol. The van der Waals surface area contributed by atoms with Crippen LogP contribution in [0, 0.1) is 11.8 Å². The molecule has 33 heavy (non-hydrogen) atoms. The molecule has 4 heteroatoms. The number of hydrogen-bond donors (Lipinski definition) is 0. The maximum atomic E-state index is 11.9. The molecule has 0 bridgehead atoms. The van der Waals surface area contributed by atoms with E-state index in [1.54, 1.807) is 0 Å². The molecule has 0 saturated heterocycles. The van der Waals surface area contributed by atoms with Gasteiger partial charge in [0, 0.05) is 12.8 Å². The number of rotatable bonds is 24. The van der Waals surface area contributed by atoms with E-state index in [9.17, 15) is 9.59 Å². The van der Waals surface area contributed by atoms with Gasteiger partial charge in [-0.2, -0.15) is 0 Å². The molecule has 0 aromatic carbocycles. The second-order valence-electron chi connectivity index (χ2n) is 10.1. The molecule has 0 aliphatic carbocycles. The fraction of sp³-hybridized carbons (Fsp3) is 0.931. The molecule has 0 N–H and O–H groups in total. The van der Waals surface area contributed by atoms with Crippen LogP contribution in [0.4, 0.5) is 0 Å². The topological polar surface area (TPSA) is 52.6 Å². The van der Waals surface area contributed by atoms with Crippen molar-refractivity contribution >= 4 is 11.9 Å². The molecule has 0 fully saturated rings. The van der Waals surface area contributed by atoms with Crippen molar-refractivity contribution in [2.45, 2.75) is 150 Å². The summed E-state index contributed by atoms with van der Waals surface area (Å²) >= 11 is 0. The number of carbonyl (C=O) groups excluding carboxylic acids is 2. The number of unbranched alkanes of at least 4 members (excludes halogenated alkanes) is 13. The molecule has 0 rings (SSSR count). The minimum absolute atomic E-state index is 0.0139. The maximum absolute atomic E-state index is 11.9. The summed E-state index contributed by atoms with van der Waals surface area (Å²) < 4.78 is 10.4. The average Bonchev–Trinajstić information content (AvgIpc) is 2.80. The fourth-order valence-corrected chi connectivity index (χ4v) is 4.25. The van der Waals surface area contributed by atoms with Crippen molar-refractivity contribution in [2.24, 2.45) is 11.8 Å². The van der Waals surface area contributed by atoms with E-state index >= 15 is 0 Å². The van der Waals surface area contributed by atoms with Crippen LogP contribution in [-0.2, 0) is 19.1 Å². The molecule has 0 aliphatic heterocycles. The van der Waals surface area contributed by atoms with Crippen LogP contribution in [0.25, 0.3) is 0 Å². The minimum atomic E-state index is -0.0269. The highest BCUT2D eigenvalue weighted by Crippen LogP contribution is 2.23. The van der Waals surface area contributed by atoms with Gasteiger partial charge in [-0.25, -0.2) is 0 Å². The first-order chi connectivity index (χ1) is 16.0. The predicted molar refractivity (Wildman–Crippen MR) is 139 cm³/mol. The van der Waals surface area contributed by atoms with Crippen LogP contribution in [0.5, 0.6) is 0 Å². The smallest absolute Gasteiger partial charge is 0.306 e. The van der Waals surface area contributed by atoms with E-state index in [1.165, 1.54) is 77.0 Å². The van der Waals surface area contributed by atoms with Gasteiger partial charge in [-0.05, 0) is 37.5 Å². The van der Waals surface area contributed by atoms with E-state index in [2.05, 4.69) is 13.8 Å². The first-order valence-electron chi connectivity index (χ1n) is 14.3. The normalized spacial score (nSPS) is 12.2. The van der Waals surface area contributed by atoms with Crippen LogP contribution in [0.15, 0.2) is 0 Å². The molecule has 1 atom stereocenters. The Labute approximate surface area is 206 Å². The molecule has 4 nitrogen and oxygen atoms in total. The Hall–Kier alpha value is -1.06. The van der Waals surface area contributed by atoms with Crippen molar-refractivity contribution in [3.8, 4) is 0 Å². The molecule has 0 saturated carbocycles. The fourth-order valence-electron chi connectivity index (χ4n) is 4.25. The van der Waals surface area contributed by atoms with Gasteiger partial charge in [-0.15, -0.1) is 0 Å². The van der Waals surface area contributed by atoms with Gasteiger partial charge in [-0.1, -0.05) is 111 Å². The molecule has 196 valence electrons. The molecule has 0 aromatic rings. The van der Waals surface area contributed by atoms with Crippen LogP contribution in [0.2, 0.25) is 0 Å². The SMILES string of the molecule is CCCOC(=O)CCCCCCCCCCCCCCCCC(CC(=O)OCCC)C(C)C. The molecule has 1 unspecified atom stereocenters. The van der Waals surface area contributed by atoms with Gasteiger partial charge in [0.2, 0.25) is 0 Å². The lowest BCUT2D eigenvalue weighted by Gasteiger charge is -2.20. The van der Waals surface area contributed by atoms with Crippen LogP contribution in [0.3, 0.4) is 0 Å². The Kier molecular flexibility index (Phi) is 23.3. The molecular formula is C29H56O4. The molecular weight excluding hydrogens is 412 g/mol. The van der Waals surface area contributed by atoms with Crippen molar-refractivity contribution in [3.05, 3.63) is 0 Å². The van der Waals surface area contributed by atoms with Crippen LogP contribution < -0.4 is 0 Å². The third-order valence-corrected chi connectivity index (χ3v) is 6.51. The summed E-state index contributed by atoms with van der Waals surface area (Å²) in [7, 11) is 0. The third-order valence-electron chi connectivity index (χ3n) is 6.51. The second kappa shape index (κ2) is 24.1. The molecule has 0 heterocycles. The van der Waals surface area contributed by atoms with E-state index in [0.29, 0.717) is 37.9 Å². The van der Waals surface area contributed by atoms with Gasteiger partial charge >= 0.3 is 11.9 Å². The minimum Gasteiger partial charge on any atom is -0.466 e. The van der Waals surface area contributed by atoms with Crippen molar-refractivity contribution < 1.29 is 19.1 Å². The highest BCUT2D eigenvalue weighted by Gasteiger charge is 2.18. The van der Waals surface area contributed by atoms with Gasteiger partial charge < -0.3 is 9.47 Å². The van der Waals surface area contributed by atoms with Gasteiger partial charge in [-0.3, -0.25) is 9.59 Å². The summed E-state index contributed by atoms with van der Waals surface area (Å²) in [4.78, 5) is 23.3. The summed E-state index contributed by atoms with van der Waals surface area (Å²) in [5.74, 6) is 0.978. The zero-order valence-corrected chi connectivity index (χ0v) is 22.6. The summed E-state index contributed by atoms with van der Waals surface area (Å²) in [5, 5.41) is 0. The number of esters is 2. The summed E-state index contributed by atoms with van der Waals surface area (Å²) in [6.45, 7) is 9.64. The lowest BCUT2D eigenvalue weighted by molar-refractivity contribution is -0.145. The molecule has 0 amide bonds.